The Bertz CT molecular complexity index is 529. The molecule has 0 amide bonds. The molecule has 0 saturated carbocycles. The van der Waals surface area contributed by atoms with Gasteiger partial charge >= 0.3 is 0 Å². The lowest BCUT2D eigenvalue weighted by Crippen LogP contribution is -2.13. The molecule has 0 saturated heterocycles. The first-order valence-electron chi connectivity index (χ1n) is 6.96. The summed E-state index contributed by atoms with van der Waals surface area (Å²) in [6, 6.07) is 17.5. The summed E-state index contributed by atoms with van der Waals surface area (Å²) in [7, 11) is 4.26. The second kappa shape index (κ2) is 6.53. The van der Waals surface area contributed by atoms with Crippen molar-refractivity contribution in [3.63, 3.8) is 0 Å². The fraction of sp³-hybridized carbons (Fsp3) is 0.333. The van der Waals surface area contributed by atoms with Gasteiger partial charge < -0.3 is 4.90 Å². The maximum Gasteiger partial charge on any atom is -0.00217 e. The standard InChI is InChI=1S/C18H23N/c1-15-8-4-5-12-18(15)17-11-6-9-16(14-17)10-7-13-19(2)3/h4-6,8-9,11-12,14H,7,10,13H2,1-3H3. The van der Waals surface area contributed by atoms with Crippen LogP contribution in [-0.2, 0) is 6.42 Å². The van der Waals surface area contributed by atoms with E-state index in [4.69, 9.17) is 0 Å². The van der Waals surface area contributed by atoms with Gasteiger partial charge in [0.15, 0.2) is 0 Å². The van der Waals surface area contributed by atoms with Crippen LogP contribution >= 0.6 is 0 Å². The average Bonchev–Trinajstić information content (AvgIpc) is 2.39. The predicted molar refractivity (Wildman–Crippen MR) is 83.5 cm³/mol. The molecule has 0 bridgehead atoms. The van der Waals surface area contributed by atoms with E-state index in [0.717, 1.165) is 13.0 Å². The normalized spacial score (nSPS) is 10.9. The van der Waals surface area contributed by atoms with Gasteiger partial charge in [-0.2, -0.15) is 0 Å². The molecule has 0 spiro atoms. The third-order valence-corrected chi connectivity index (χ3v) is 3.45. The Morgan fingerprint density at radius 2 is 1.74 bits per heavy atom. The van der Waals surface area contributed by atoms with Crippen LogP contribution in [0.1, 0.15) is 17.5 Å². The van der Waals surface area contributed by atoms with E-state index < -0.39 is 0 Å². The highest BCUT2D eigenvalue weighted by Gasteiger charge is 2.02. The van der Waals surface area contributed by atoms with Gasteiger partial charge in [0.05, 0.1) is 0 Å². The smallest absolute Gasteiger partial charge is 0.00217 e. The average molecular weight is 253 g/mol. The number of hydrogen-bond acceptors (Lipinski definition) is 1. The molecule has 0 fully saturated rings. The van der Waals surface area contributed by atoms with Crippen molar-refractivity contribution in [2.24, 2.45) is 0 Å². The zero-order valence-corrected chi connectivity index (χ0v) is 12.2. The number of aryl methyl sites for hydroxylation is 2. The van der Waals surface area contributed by atoms with E-state index >= 15 is 0 Å². The van der Waals surface area contributed by atoms with Crippen LogP contribution in [0.25, 0.3) is 11.1 Å². The van der Waals surface area contributed by atoms with E-state index in [1.165, 1.54) is 28.7 Å². The monoisotopic (exact) mass is 253 g/mol. The molecule has 100 valence electrons. The first-order chi connectivity index (χ1) is 9.16. The number of nitrogens with zero attached hydrogens (tertiary/aromatic N) is 1. The maximum atomic E-state index is 2.33. The third-order valence-electron chi connectivity index (χ3n) is 3.45. The molecule has 0 unspecified atom stereocenters. The van der Waals surface area contributed by atoms with Gasteiger partial charge in [-0.15, -0.1) is 0 Å². The van der Waals surface area contributed by atoms with Crippen molar-refractivity contribution in [1.82, 2.24) is 4.90 Å². The maximum absolute atomic E-state index is 2.33. The van der Waals surface area contributed by atoms with Crippen molar-refractivity contribution in [2.75, 3.05) is 20.6 Å². The SMILES string of the molecule is Cc1ccccc1-c1cccc(CCCN(C)C)c1. The zero-order valence-electron chi connectivity index (χ0n) is 12.2. The molecule has 1 heteroatoms. The second-order valence-electron chi connectivity index (χ2n) is 5.42. The highest BCUT2D eigenvalue weighted by atomic mass is 15.0. The van der Waals surface area contributed by atoms with Gasteiger partial charge in [-0.25, -0.2) is 0 Å². The summed E-state index contributed by atoms with van der Waals surface area (Å²) in [5, 5.41) is 0. The Kier molecular flexibility index (Phi) is 4.75. The summed E-state index contributed by atoms with van der Waals surface area (Å²) in [6.45, 7) is 3.32. The molecule has 2 aromatic rings. The lowest BCUT2D eigenvalue weighted by Gasteiger charge is -2.10. The Labute approximate surface area is 116 Å². The molecule has 2 aromatic carbocycles. The quantitative estimate of drug-likeness (QED) is 0.773. The van der Waals surface area contributed by atoms with Crippen molar-refractivity contribution in [2.45, 2.75) is 19.8 Å². The van der Waals surface area contributed by atoms with Crippen molar-refractivity contribution < 1.29 is 0 Å². The fourth-order valence-corrected chi connectivity index (χ4v) is 2.39. The van der Waals surface area contributed by atoms with E-state index in [2.05, 4.69) is 74.4 Å². The van der Waals surface area contributed by atoms with Gasteiger partial charge in [0.1, 0.15) is 0 Å². The van der Waals surface area contributed by atoms with Crippen LogP contribution in [0.4, 0.5) is 0 Å². The molecular weight excluding hydrogens is 230 g/mol. The lowest BCUT2D eigenvalue weighted by molar-refractivity contribution is 0.400. The molecule has 0 heterocycles. The Morgan fingerprint density at radius 3 is 2.47 bits per heavy atom. The van der Waals surface area contributed by atoms with Crippen molar-refractivity contribution in [3.05, 3.63) is 59.7 Å². The van der Waals surface area contributed by atoms with E-state index in [0.29, 0.717) is 0 Å². The molecule has 0 aliphatic rings. The predicted octanol–water partition coefficient (Wildman–Crippen LogP) is 4.16. The summed E-state index contributed by atoms with van der Waals surface area (Å²) < 4.78 is 0. The van der Waals surface area contributed by atoms with Crippen LogP contribution in [-0.4, -0.2) is 25.5 Å². The van der Waals surface area contributed by atoms with Crippen LogP contribution in [0.3, 0.4) is 0 Å². The second-order valence-corrected chi connectivity index (χ2v) is 5.42. The molecule has 0 aromatic heterocycles. The summed E-state index contributed by atoms with van der Waals surface area (Å²) in [6.07, 6.45) is 2.36. The molecule has 19 heavy (non-hydrogen) atoms. The van der Waals surface area contributed by atoms with Crippen molar-refractivity contribution in [3.8, 4) is 11.1 Å². The van der Waals surface area contributed by atoms with Crippen molar-refractivity contribution in [1.29, 1.82) is 0 Å². The van der Waals surface area contributed by atoms with Crippen LogP contribution in [0, 0.1) is 6.92 Å². The lowest BCUT2D eigenvalue weighted by atomic mass is 9.98. The van der Waals surface area contributed by atoms with Crippen LogP contribution < -0.4 is 0 Å². The molecule has 0 N–H and O–H groups in total. The van der Waals surface area contributed by atoms with Gasteiger partial charge in [0.25, 0.3) is 0 Å². The largest absolute Gasteiger partial charge is 0.309 e. The van der Waals surface area contributed by atoms with Gasteiger partial charge in [0, 0.05) is 0 Å². The summed E-state index contributed by atoms with van der Waals surface area (Å²) in [4.78, 5) is 2.24. The van der Waals surface area contributed by atoms with Gasteiger partial charge in [-0.1, -0.05) is 48.5 Å². The first kappa shape index (κ1) is 13.8. The Balaban J connectivity index is 2.13. The topological polar surface area (TPSA) is 3.24 Å². The van der Waals surface area contributed by atoms with Crippen LogP contribution in [0.5, 0.6) is 0 Å². The molecular formula is C18H23N. The van der Waals surface area contributed by atoms with Gasteiger partial charge in [-0.05, 0) is 62.7 Å². The number of rotatable bonds is 5. The van der Waals surface area contributed by atoms with E-state index in [9.17, 15) is 0 Å². The molecule has 0 aliphatic heterocycles. The Morgan fingerprint density at radius 1 is 0.947 bits per heavy atom. The molecule has 0 atom stereocenters. The van der Waals surface area contributed by atoms with Gasteiger partial charge in [-0.3, -0.25) is 0 Å². The van der Waals surface area contributed by atoms with Crippen molar-refractivity contribution >= 4 is 0 Å². The first-order valence-corrected chi connectivity index (χ1v) is 6.96. The highest BCUT2D eigenvalue weighted by Crippen LogP contribution is 2.24. The minimum absolute atomic E-state index is 1.15. The molecule has 2 rings (SSSR count). The number of hydrogen-bond donors (Lipinski definition) is 0. The summed E-state index contributed by atoms with van der Waals surface area (Å²) in [5.41, 5.74) is 5.45. The summed E-state index contributed by atoms with van der Waals surface area (Å²) >= 11 is 0. The highest BCUT2D eigenvalue weighted by molar-refractivity contribution is 5.67. The van der Waals surface area contributed by atoms with Gasteiger partial charge in [0.2, 0.25) is 0 Å². The molecule has 0 aliphatic carbocycles. The third kappa shape index (κ3) is 3.93. The minimum atomic E-state index is 1.15. The molecule has 0 radical (unpaired) electrons. The van der Waals surface area contributed by atoms with E-state index in [1.54, 1.807) is 0 Å². The zero-order chi connectivity index (χ0) is 13.7. The van der Waals surface area contributed by atoms with E-state index in [1.807, 2.05) is 0 Å². The Hall–Kier alpha value is -1.60. The summed E-state index contributed by atoms with van der Waals surface area (Å²) in [5.74, 6) is 0. The number of benzene rings is 2. The van der Waals surface area contributed by atoms with Crippen LogP contribution in [0.2, 0.25) is 0 Å². The van der Waals surface area contributed by atoms with E-state index in [-0.39, 0.29) is 0 Å². The fourth-order valence-electron chi connectivity index (χ4n) is 2.39. The van der Waals surface area contributed by atoms with Crippen LogP contribution in [0.15, 0.2) is 48.5 Å². The molecule has 1 nitrogen and oxygen atoms in total. The minimum Gasteiger partial charge on any atom is -0.309 e.